The smallest absolute Gasteiger partial charge is 0.356 e. The summed E-state index contributed by atoms with van der Waals surface area (Å²) in [6.45, 7) is 2.37. The number of carbonyl (C=O) groups excluding carboxylic acids is 1. The van der Waals surface area contributed by atoms with Gasteiger partial charge in [-0.15, -0.1) is 0 Å². The Bertz CT molecular complexity index is 668. The lowest BCUT2D eigenvalue weighted by Crippen LogP contribution is -2.24. The highest BCUT2D eigenvalue weighted by atomic mass is 16.5. The number of hydrogen-bond donors (Lipinski definition) is 0. The maximum absolute atomic E-state index is 12.3. The van der Waals surface area contributed by atoms with Gasteiger partial charge in [0.05, 0.1) is 19.3 Å². The summed E-state index contributed by atoms with van der Waals surface area (Å²) >= 11 is 0. The molecule has 0 aliphatic rings. The summed E-state index contributed by atoms with van der Waals surface area (Å²) in [5.41, 5.74) is 1.85. The standard InChI is InChI=1S/C15H18N2O3/c1-4-12-13(14(18)20-3)16(2)15(19)17(12)10-11-8-6-5-7-9-11/h5-9H,4,10H2,1-3H3. The molecule has 20 heavy (non-hydrogen) atoms. The van der Waals surface area contributed by atoms with Crippen molar-refractivity contribution in [3.63, 3.8) is 0 Å². The molecule has 0 amide bonds. The van der Waals surface area contributed by atoms with Crippen molar-refractivity contribution in [3.05, 3.63) is 57.8 Å². The summed E-state index contributed by atoms with van der Waals surface area (Å²) in [6.07, 6.45) is 0.591. The zero-order chi connectivity index (χ0) is 14.7. The van der Waals surface area contributed by atoms with Gasteiger partial charge in [0.15, 0.2) is 5.69 Å². The van der Waals surface area contributed by atoms with E-state index in [1.54, 1.807) is 11.6 Å². The van der Waals surface area contributed by atoms with Crippen molar-refractivity contribution in [2.24, 2.45) is 7.05 Å². The van der Waals surface area contributed by atoms with Crippen LogP contribution >= 0.6 is 0 Å². The Kier molecular flexibility index (Phi) is 4.08. The van der Waals surface area contributed by atoms with E-state index in [2.05, 4.69) is 0 Å². The largest absolute Gasteiger partial charge is 0.464 e. The zero-order valence-corrected chi connectivity index (χ0v) is 11.9. The van der Waals surface area contributed by atoms with E-state index in [4.69, 9.17) is 4.74 Å². The van der Waals surface area contributed by atoms with Crippen molar-refractivity contribution in [2.75, 3.05) is 7.11 Å². The van der Waals surface area contributed by atoms with E-state index in [1.165, 1.54) is 11.7 Å². The number of methoxy groups -OCH3 is 1. The van der Waals surface area contributed by atoms with Gasteiger partial charge in [-0.2, -0.15) is 0 Å². The van der Waals surface area contributed by atoms with Gasteiger partial charge in [-0.05, 0) is 12.0 Å². The number of esters is 1. The van der Waals surface area contributed by atoms with Crippen LogP contribution in [0.3, 0.4) is 0 Å². The predicted octanol–water partition coefficient (Wildman–Crippen LogP) is 1.58. The van der Waals surface area contributed by atoms with Crippen molar-refractivity contribution in [2.45, 2.75) is 19.9 Å². The third-order valence-electron chi connectivity index (χ3n) is 3.35. The first-order chi connectivity index (χ1) is 9.60. The summed E-state index contributed by atoms with van der Waals surface area (Å²) in [7, 11) is 2.91. The Morgan fingerprint density at radius 1 is 1.25 bits per heavy atom. The van der Waals surface area contributed by atoms with Crippen LogP contribution in [0.25, 0.3) is 0 Å². The molecule has 5 nitrogen and oxygen atoms in total. The molecule has 0 aliphatic heterocycles. The van der Waals surface area contributed by atoms with Crippen LogP contribution in [0.15, 0.2) is 35.1 Å². The molecule has 0 unspecified atom stereocenters. The van der Waals surface area contributed by atoms with Gasteiger partial charge in [0.2, 0.25) is 0 Å². The number of ether oxygens (including phenoxy) is 1. The van der Waals surface area contributed by atoms with E-state index >= 15 is 0 Å². The molecule has 0 atom stereocenters. The van der Waals surface area contributed by atoms with E-state index < -0.39 is 5.97 Å². The molecule has 1 heterocycles. The number of imidazole rings is 1. The molecular formula is C15H18N2O3. The molecule has 0 fully saturated rings. The average molecular weight is 274 g/mol. The Hall–Kier alpha value is -2.30. The Morgan fingerprint density at radius 2 is 1.90 bits per heavy atom. The highest BCUT2D eigenvalue weighted by Gasteiger charge is 2.22. The molecule has 0 bridgehead atoms. The van der Waals surface area contributed by atoms with Gasteiger partial charge in [0.25, 0.3) is 0 Å². The molecule has 0 saturated heterocycles. The van der Waals surface area contributed by atoms with Crippen molar-refractivity contribution in [1.82, 2.24) is 9.13 Å². The number of hydrogen-bond acceptors (Lipinski definition) is 3. The van der Waals surface area contributed by atoms with Crippen molar-refractivity contribution in [3.8, 4) is 0 Å². The van der Waals surface area contributed by atoms with Gasteiger partial charge < -0.3 is 4.74 Å². The van der Waals surface area contributed by atoms with E-state index in [9.17, 15) is 9.59 Å². The quantitative estimate of drug-likeness (QED) is 0.795. The van der Waals surface area contributed by atoms with Crippen LogP contribution in [0.2, 0.25) is 0 Å². The Labute approximate surface area is 117 Å². The topological polar surface area (TPSA) is 53.2 Å². The van der Waals surface area contributed by atoms with Crippen LogP contribution in [0.4, 0.5) is 0 Å². The lowest BCUT2D eigenvalue weighted by molar-refractivity contribution is 0.0588. The molecule has 0 spiro atoms. The monoisotopic (exact) mass is 274 g/mol. The maximum atomic E-state index is 12.3. The molecular weight excluding hydrogens is 256 g/mol. The molecule has 2 rings (SSSR count). The first-order valence-electron chi connectivity index (χ1n) is 6.50. The summed E-state index contributed by atoms with van der Waals surface area (Å²) in [5, 5.41) is 0. The van der Waals surface area contributed by atoms with Gasteiger partial charge in [-0.1, -0.05) is 37.3 Å². The zero-order valence-electron chi connectivity index (χ0n) is 11.9. The number of benzene rings is 1. The van der Waals surface area contributed by atoms with Gasteiger partial charge >= 0.3 is 11.7 Å². The van der Waals surface area contributed by atoms with Crippen LogP contribution in [-0.4, -0.2) is 22.2 Å². The minimum Gasteiger partial charge on any atom is -0.464 e. The Balaban J connectivity index is 2.54. The van der Waals surface area contributed by atoms with Gasteiger partial charge in [0, 0.05) is 7.05 Å². The fourth-order valence-electron chi connectivity index (χ4n) is 2.35. The normalized spacial score (nSPS) is 10.6. The van der Waals surface area contributed by atoms with Crippen LogP contribution in [0, 0.1) is 0 Å². The van der Waals surface area contributed by atoms with Crippen molar-refractivity contribution >= 4 is 5.97 Å². The minimum atomic E-state index is -0.478. The van der Waals surface area contributed by atoms with Crippen molar-refractivity contribution in [1.29, 1.82) is 0 Å². The highest BCUT2D eigenvalue weighted by molar-refractivity contribution is 5.88. The SMILES string of the molecule is CCc1c(C(=O)OC)n(C)c(=O)n1Cc1ccccc1. The third-order valence-corrected chi connectivity index (χ3v) is 3.35. The van der Waals surface area contributed by atoms with E-state index in [0.717, 1.165) is 5.56 Å². The second-order valence-corrected chi connectivity index (χ2v) is 4.55. The van der Waals surface area contributed by atoms with Gasteiger partial charge in [-0.3, -0.25) is 9.13 Å². The lowest BCUT2D eigenvalue weighted by atomic mass is 10.2. The maximum Gasteiger partial charge on any atom is 0.356 e. The van der Waals surface area contributed by atoms with Gasteiger partial charge in [-0.25, -0.2) is 9.59 Å². The van der Waals surface area contributed by atoms with Gasteiger partial charge in [0.1, 0.15) is 0 Å². The number of nitrogens with zero attached hydrogens (tertiary/aromatic N) is 2. The predicted molar refractivity (Wildman–Crippen MR) is 75.9 cm³/mol. The van der Waals surface area contributed by atoms with Crippen LogP contribution < -0.4 is 5.69 Å². The molecule has 5 heteroatoms. The molecule has 0 aliphatic carbocycles. The molecule has 1 aromatic heterocycles. The summed E-state index contributed by atoms with van der Waals surface area (Å²) in [5.74, 6) is -0.478. The molecule has 0 radical (unpaired) electrons. The fourth-order valence-corrected chi connectivity index (χ4v) is 2.35. The molecule has 1 aromatic carbocycles. The number of aromatic nitrogens is 2. The summed E-state index contributed by atoms with van der Waals surface area (Å²) < 4.78 is 7.75. The number of carbonyl (C=O) groups is 1. The molecule has 0 saturated carbocycles. The van der Waals surface area contributed by atoms with Crippen LogP contribution in [0.1, 0.15) is 28.7 Å². The first kappa shape index (κ1) is 14.1. The lowest BCUT2D eigenvalue weighted by Gasteiger charge is -2.07. The van der Waals surface area contributed by atoms with Crippen LogP contribution in [-0.2, 0) is 24.8 Å². The van der Waals surface area contributed by atoms with Crippen molar-refractivity contribution < 1.29 is 9.53 Å². The van der Waals surface area contributed by atoms with E-state index in [1.807, 2.05) is 37.3 Å². The molecule has 106 valence electrons. The molecule has 2 aromatic rings. The summed E-state index contributed by atoms with van der Waals surface area (Å²) in [6, 6.07) is 9.69. The van der Waals surface area contributed by atoms with E-state index in [-0.39, 0.29) is 5.69 Å². The minimum absolute atomic E-state index is 0.203. The Morgan fingerprint density at radius 3 is 2.45 bits per heavy atom. The fraction of sp³-hybridized carbons (Fsp3) is 0.333. The summed E-state index contributed by atoms with van der Waals surface area (Å²) in [4.78, 5) is 24.1. The van der Waals surface area contributed by atoms with Crippen LogP contribution in [0.5, 0.6) is 0 Å². The second kappa shape index (κ2) is 5.77. The third kappa shape index (κ3) is 2.39. The highest BCUT2D eigenvalue weighted by Crippen LogP contribution is 2.12. The average Bonchev–Trinajstić information content (AvgIpc) is 2.72. The molecule has 0 N–H and O–H groups in total. The second-order valence-electron chi connectivity index (χ2n) is 4.55. The number of rotatable bonds is 4. The van der Waals surface area contributed by atoms with E-state index in [0.29, 0.717) is 24.4 Å². The first-order valence-corrected chi connectivity index (χ1v) is 6.50.